The highest BCUT2D eigenvalue weighted by Gasteiger charge is 2.48. The molecule has 0 saturated carbocycles. The summed E-state index contributed by atoms with van der Waals surface area (Å²) in [5.41, 5.74) is 6.69. The maximum atomic E-state index is 14.1. The molecule has 0 aromatic heterocycles. The fraction of sp³-hybridized carbons (Fsp3) is 0.172. The predicted molar refractivity (Wildman–Crippen MR) is 134 cm³/mol. The Hall–Kier alpha value is -3.25. The molecular weight excluding hydrogens is 440 g/mol. The Morgan fingerprint density at radius 2 is 1.38 bits per heavy atom. The van der Waals surface area contributed by atoms with Crippen molar-refractivity contribution in [3.05, 3.63) is 125 Å². The fourth-order valence-corrected chi connectivity index (χ4v) is 6.96. The van der Waals surface area contributed by atoms with Crippen molar-refractivity contribution in [2.75, 3.05) is 6.54 Å². The molecule has 0 bridgehead atoms. The van der Waals surface area contributed by atoms with E-state index in [2.05, 4.69) is 53.4 Å². The van der Waals surface area contributed by atoms with Crippen LogP contribution in [0.15, 0.2) is 108 Å². The highest BCUT2D eigenvalue weighted by atomic mass is 32.2. The maximum Gasteiger partial charge on any atom is 0.244 e. The fourth-order valence-electron chi connectivity index (χ4n) is 5.37. The minimum atomic E-state index is -3.72. The molecule has 0 unspecified atom stereocenters. The third-order valence-corrected chi connectivity index (χ3v) is 8.89. The van der Waals surface area contributed by atoms with Crippen LogP contribution in [0.1, 0.15) is 34.5 Å². The van der Waals surface area contributed by atoms with Crippen molar-refractivity contribution >= 4 is 10.0 Å². The second-order valence-electron chi connectivity index (χ2n) is 9.10. The van der Waals surface area contributed by atoms with Gasteiger partial charge in [-0.2, -0.15) is 4.31 Å². The zero-order chi connectivity index (χ0) is 23.3. The molecule has 2 atom stereocenters. The Labute approximate surface area is 201 Å². The maximum absolute atomic E-state index is 14.1. The van der Waals surface area contributed by atoms with Crippen LogP contribution in [-0.2, 0) is 16.6 Å². The molecule has 34 heavy (non-hydrogen) atoms. The number of benzene rings is 4. The van der Waals surface area contributed by atoms with Gasteiger partial charge in [0.15, 0.2) is 0 Å². The first-order valence-electron chi connectivity index (χ1n) is 11.6. The minimum absolute atomic E-state index is 0.0503. The van der Waals surface area contributed by atoms with Crippen LogP contribution in [0.2, 0.25) is 0 Å². The van der Waals surface area contributed by atoms with Gasteiger partial charge in [0, 0.05) is 13.1 Å². The Morgan fingerprint density at radius 1 is 0.735 bits per heavy atom. The largest absolute Gasteiger partial charge is 0.270 e. The zero-order valence-electron chi connectivity index (χ0n) is 19.0. The molecule has 4 aromatic rings. The number of hydrogen-bond acceptors (Lipinski definition) is 3. The smallest absolute Gasteiger partial charge is 0.244 e. The van der Waals surface area contributed by atoms with Gasteiger partial charge in [0.05, 0.1) is 10.9 Å². The lowest BCUT2D eigenvalue weighted by Crippen LogP contribution is -2.34. The molecule has 0 N–H and O–H groups in total. The van der Waals surface area contributed by atoms with Gasteiger partial charge in [-0.1, -0.05) is 96.6 Å². The van der Waals surface area contributed by atoms with Crippen molar-refractivity contribution in [3.63, 3.8) is 0 Å². The molecule has 1 fully saturated rings. The Bertz CT molecular complexity index is 1450. The van der Waals surface area contributed by atoms with Crippen molar-refractivity contribution in [3.8, 4) is 11.1 Å². The number of sulfonamides is 1. The quantitative estimate of drug-likeness (QED) is 0.376. The van der Waals surface area contributed by atoms with Crippen LogP contribution in [0.3, 0.4) is 0 Å². The van der Waals surface area contributed by atoms with Gasteiger partial charge in [-0.3, -0.25) is 4.90 Å². The summed E-state index contributed by atoms with van der Waals surface area (Å²) in [6.07, 6.45) is -0.389. The van der Waals surface area contributed by atoms with E-state index in [1.54, 1.807) is 16.4 Å². The molecule has 4 aromatic carbocycles. The van der Waals surface area contributed by atoms with Gasteiger partial charge in [0.25, 0.3) is 0 Å². The average Bonchev–Trinajstić information content (AvgIpc) is 3.18. The molecule has 0 amide bonds. The molecule has 1 saturated heterocycles. The van der Waals surface area contributed by atoms with E-state index in [4.69, 9.17) is 0 Å². The van der Waals surface area contributed by atoms with Crippen LogP contribution < -0.4 is 0 Å². The lowest BCUT2D eigenvalue weighted by atomic mass is 9.96. The summed E-state index contributed by atoms with van der Waals surface area (Å²) in [7, 11) is -3.72. The zero-order valence-corrected chi connectivity index (χ0v) is 19.8. The molecule has 170 valence electrons. The van der Waals surface area contributed by atoms with Crippen LogP contribution in [0.25, 0.3) is 11.1 Å². The number of nitrogens with zero attached hydrogens (tertiary/aromatic N) is 2. The van der Waals surface area contributed by atoms with Crippen molar-refractivity contribution in [1.29, 1.82) is 0 Å². The molecule has 0 spiro atoms. The molecule has 0 radical (unpaired) electrons. The topological polar surface area (TPSA) is 40.6 Å². The Morgan fingerprint density at radius 3 is 2.15 bits per heavy atom. The molecular formula is C29H26N2O2S. The first-order valence-corrected chi connectivity index (χ1v) is 13.0. The summed E-state index contributed by atoms with van der Waals surface area (Å²) in [6, 6.07) is 34.1. The van der Waals surface area contributed by atoms with E-state index in [0.717, 1.165) is 22.3 Å². The normalized spacial score (nSPS) is 20.3. The van der Waals surface area contributed by atoms with Gasteiger partial charge in [-0.05, 0) is 46.9 Å². The summed E-state index contributed by atoms with van der Waals surface area (Å²) in [5, 5.41) is 0. The highest BCUT2D eigenvalue weighted by Crippen LogP contribution is 2.49. The number of fused-ring (bicyclic) bond motifs is 5. The van der Waals surface area contributed by atoms with Crippen molar-refractivity contribution in [2.24, 2.45) is 0 Å². The van der Waals surface area contributed by atoms with Crippen LogP contribution in [0, 0.1) is 6.92 Å². The molecule has 2 aliphatic heterocycles. The first kappa shape index (κ1) is 21.3. The summed E-state index contributed by atoms with van der Waals surface area (Å²) in [6.45, 7) is 3.05. The molecule has 2 aliphatic rings. The van der Waals surface area contributed by atoms with Gasteiger partial charge in [-0.15, -0.1) is 0 Å². The average molecular weight is 467 g/mol. The minimum Gasteiger partial charge on any atom is -0.270 e. The SMILES string of the molecule is Cc1ccc(S(=O)(=O)N2C[C@@H](c3ccccc3)N3Cc4ccccc4-c4ccccc4[C@@H]32)cc1. The molecule has 6 rings (SSSR count). The van der Waals surface area contributed by atoms with E-state index < -0.39 is 10.0 Å². The standard InChI is InChI=1S/C29H26N2O2S/c1-21-15-17-24(18-16-21)34(32,33)31-20-28(22-9-3-2-4-10-22)30-19-23-11-5-6-12-25(23)26-13-7-8-14-27(26)29(30)31/h2-18,28-29H,19-20H2,1H3/t28-,29-/m0/s1. The summed E-state index contributed by atoms with van der Waals surface area (Å²) in [4.78, 5) is 2.69. The second kappa shape index (κ2) is 8.20. The Balaban J connectivity index is 1.57. The van der Waals surface area contributed by atoms with Gasteiger partial charge < -0.3 is 0 Å². The lowest BCUT2D eigenvalue weighted by molar-refractivity contribution is 0.156. The molecule has 0 aliphatic carbocycles. The van der Waals surface area contributed by atoms with E-state index >= 15 is 0 Å². The monoisotopic (exact) mass is 466 g/mol. The third kappa shape index (κ3) is 3.40. The van der Waals surface area contributed by atoms with Crippen LogP contribution in [-0.4, -0.2) is 24.2 Å². The van der Waals surface area contributed by atoms with Crippen molar-refractivity contribution in [1.82, 2.24) is 9.21 Å². The number of aryl methyl sites for hydroxylation is 1. The van der Waals surface area contributed by atoms with Gasteiger partial charge in [0.2, 0.25) is 10.0 Å². The van der Waals surface area contributed by atoms with E-state index in [0.29, 0.717) is 18.0 Å². The van der Waals surface area contributed by atoms with Gasteiger partial charge in [0.1, 0.15) is 6.17 Å². The van der Waals surface area contributed by atoms with E-state index in [-0.39, 0.29) is 12.2 Å². The van der Waals surface area contributed by atoms with Gasteiger partial charge in [-0.25, -0.2) is 8.42 Å². The summed E-state index contributed by atoms with van der Waals surface area (Å²) in [5.74, 6) is 0. The number of rotatable bonds is 3. The Kier molecular flexibility index (Phi) is 5.14. The van der Waals surface area contributed by atoms with Crippen LogP contribution in [0.4, 0.5) is 0 Å². The van der Waals surface area contributed by atoms with Crippen LogP contribution in [0.5, 0.6) is 0 Å². The first-order chi connectivity index (χ1) is 16.5. The van der Waals surface area contributed by atoms with Crippen molar-refractivity contribution < 1.29 is 8.42 Å². The van der Waals surface area contributed by atoms with Crippen molar-refractivity contribution in [2.45, 2.75) is 30.6 Å². The third-order valence-electron chi connectivity index (χ3n) is 7.05. The highest BCUT2D eigenvalue weighted by molar-refractivity contribution is 7.89. The molecule has 2 heterocycles. The molecule has 4 nitrogen and oxygen atoms in total. The lowest BCUT2D eigenvalue weighted by Gasteiger charge is -2.31. The van der Waals surface area contributed by atoms with E-state index in [9.17, 15) is 8.42 Å². The van der Waals surface area contributed by atoms with E-state index in [1.165, 1.54) is 11.1 Å². The second-order valence-corrected chi connectivity index (χ2v) is 11.0. The van der Waals surface area contributed by atoms with Crippen LogP contribution >= 0.6 is 0 Å². The van der Waals surface area contributed by atoms with Gasteiger partial charge >= 0.3 is 0 Å². The van der Waals surface area contributed by atoms with E-state index in [1.807, 2.05) is 49.4 Å². The predicted octanol–water partition coefficient (Wildman–Crippen LogP) is 5.92. The summed E-state index contributed by atoms with van der Waals surface area (Å²) < 4.78 is 29.9. The number of hydrogen-bond donors (Lipinski definition) is 0. The molecule has 5 heteroatoms. The summed E-state index contributed by atoms with van der Waals surface area (Å²) >= 11 is 0.